The number of amides is 1. The normalized spacial score (nSPS) is 16.4. The Morgan fingerprint density at radius 2 is 2.00 bits per heavy atom. The number of carbonyl (C=O) groups is 1. The number of nitrogens with zero attached hydrogens (tertiary/aromatic N) is 1. The minimum Gasteiger partial charge on any atom is -0.507 e. The van der Waals surface area contributed by atoms with Crippen molar-refractivity contribution in [1.29, 1.82) is 0 Å². The fourth-order valence-electron chi connectivity index (χ4n) is 2.07. The van der Waals surface area contributed by atoms with Gasteiger partial charge in [0.1, 0.15) is 11.6 Å². The molecule has 0 saturated carbocycles. The summed E-state index contributed by atoms with van der Waals surface area (Å²) in [6, 6.07) is 11.0. The third-order valence-corrected chi connectivity index (χ3v) is 5.32. The van der Waals surface area contributed by atoms with Gasteiger partial charge in [0, 0.05) is 0 Å². The zero-order valence-corrected chi connectivity index (χ0v) is 15.3. The van der Waals surface area contributed by atoms with Crippen LogP contribution >= 0.6 is 46.6 Å². The van der Waals surface area contributed by atoms with Crippen molar-refractivity contribution in [2.24, 2.45) is 0 Å². The van der Waals surface area contributed by atoms with Crippen molar-refractivity contribution in [3.63, 3.8) is 0 Å². The molecule has 3 rings (SSSR count). The minimum absolute atomic E-state index is 0.152. The lowest BCUT2D eigenvalue weighted by Crippen LogP contribution is -2.28. The van der Waals surface area contributed by atoms with Crippen LogP contribution in [-0.4, -0.2) is 15.3 Å². The fraction of sp³-hybridized carbons (Fsp3) is 0. The first-order chi connectivity index (χ1) is 11.0. The maximum atomic E-state index is 13.9. The molecular formula is C16H9FINO2S2. The fourth-order valence-corrected chi connectivity index (χ4v) is 3.90. The van der Waals surface area contributed by atoms with E-state index in [9.17, 15) is 14.3 Å². The van der Waals surface area contributed by atoms with E-state index in [0.717, 1.165) is 17.3 Å². The van der Waals surface area contributed by atoms with Crippen LogP contribution in [0.4, 0.5) is 10.1 Å². The SMILES string of the molecule is O=C1C(=Cc2ccc(O)c(I)c2)SC(=S)N1c1ccccc1F. The largest absolute Gasteiger partial charge is 0.507 e. The Morgan fingerprint density at radius 3 is 2.70 bits per heavy atom. The van der Waals surface area contributed by atoms with Gasteiger partial charge in [0.05, 0.1) is 14.2 Å². The molecular weight excluding hydrogens is 448 g/mol. The second-order valence-electron chi connectivity index (χ2n) is 4.68. The summed E-state index contributed by atoms with van der Waals surface area (Å²) in [5, 5.41) is 9.55. The van der Waals surface area contributed by atoms with E-state index < -0.39 is 5.82 Å². The van der Waals surface area contributed by atoms with E-state index in [2.05, 4.69) is 0 Å². The number of phenols is 1. The molecule has 2 aromatic rings. The van der Waals surface area contributed by atoms with Crippen molar-refractivity contribution in [1.82, 2.24) is 0 Å². The van der Waals surface area contributed by atoms with Crippen LogP contribution in [0, 0.1) is 9.39 Å². The highest BCUT2D eigenvalue weighted by atomic mass is 127. The maximum absolute atomic E-state index is 13.9. The first-order valence-electron chi connectivity index (χ1n) is 6.48. The molecule has 1 saturated heterocycles. The van der Waals surface area contributed by atoms with Gasteiger partial charge >= 0.3 is 0 Å². The lowest BCUT2D eigenvalue weighted by molar-refractivity contribution is -0.113. The molecule has 0 atom stereocenters. The molecule has 1 amide bonds. The van der Waals surface area contributed by atoms with E-state index in [0.29, 0.717) is 12.8 Å². The molecule has 1 N–H and O–H groups in total. The number of para-hydroxylation sites is 1. The zero-order chi connectivity index (χ0) is 16.6. The second kappa shape index (κ2) is 6.58. The maximum Gasteiger partial charge on any atom is 0.270 e. The molecule has 0 aliphatic carbocycles. The molecule has 1 aliphatic rings. The number of hydrogen-bond donors (Lipinski definition) is 1. The Balaban J connectivity index is 1.96. The number of phenolic OH excluding ortho intramolecular Hbond substituents is 1. The summed E-state index contributed by atoms with van der Waals surface area (Å²) in [6.45, 7) is 0. The molecule has 1 heterocycles. The standard InChI is InChI=1S/C16H9FINO2S2/c17-10-3-1-2-4-12(10)19-15(21)14(23-16(19)22)8-9-5-6-13(20)11(18)7-9/h1-8,20H. The van der Waals surface area contributed by atoms with Crippen LogP contribution in [0.1, 0.15) is 5.56 Å². The van der Waals surface area contributed by atoms with Crippen LogP contribution in [0.5, 0.6) is 5.75 Å². The molecule has 1 aliphatic heterocycles. The summed E-state index contributed by atoms with van der Waals surface area (Å²) in [6.07, 6.45) is 1.68. The number of rotatable bonds is 2. The lowest BCUT2D eigenvalue weighted by atomic mass is 10.2. The van der Waals surface area contributed by atoms with Crippen molar-refractivity contribution in [2.75, 3.05) is 4.90 Å². The Morgan fingerprint density at radius 1 is 1.26 bits per heavy atom. The van der Waals surface area contributed by atoms with Crippen LogP contribution in [0.2, 0.25) is 0 Å². The summed E-state index contributed by atoms with van der Waals surface area (Å²) < 4.78 is 14.9. The molecule has 0 aromatic heterocycles. The van der Waals surface area contributed by atoms with Crippen molar-refractivity contribution in [3.05, 3.63) is 62.3 Å². The Kier molecular flexibility index (Phi) is 4.69. The molecule has 23 heavy (non-hydrogen) atoms. The van der Waals surface area contributed by atoms with Crippen molar-refractivity contribution in [2.45, 2.75) is 0 Å². The summed E-state index contributed by atoms with van der Waals surface area (Å²) >= 11 is 8.35. The molecule has 3 nitrogen and oxygen atoms in total. The zero-order valence-electron chi connectivity index (χ0n) is 11.5. The van der Waals surface area contributed by atoms with Gasteiger partial charge in [-0.3, -0.25) is 9.69 Å². The Labute approximate surface area is 155 Å². The van der Waals surface area contributed by atoms with Crippen molar-refractivity contribution in [3.8, 4) is 5.75 Å². The van der Waals surface area contributed by atoms with Gasteiger partial charge in [0.25, 0.3) is 5.91 Å². The number of thiocarbonyl (C=S) groups is 1. The quantitative estimate of drug-likeness (QED) is 0.409. The van der Waals surface area contributed by atoms with E-state index in [1.165, 1.54) is 17.0 Å². The Hall–Kier alpha value is -1.45. The van der Waals surface area contributed by atoms with Crippen molar-refractivity contribution < 1.29 is 14.3 Å². The van der Waals surface area contributed by atoms with Crippen LogP contribution in [-0.2, 0) is 4.79 Å². The molecule has 0 spiro atoms. The highest BCUT2D eigenvalue weighted by molar-refractivity contribution is 14.1. The molecule has 1 fully saturated rings. The number of hydrogen-bond acceptors (Lipinski definition) is 4. The molecule has 7 heteroatoms. The van der Waals surface area contributed by atoms with Gasteiger partial charge in [-0.25, -0.2) is 4.39 Å². The highest BCUT2D eigenvalue weighted by Crippen LogP contribution is 2.37. The third-order valence-electron chi connectivity index (χ3n) is 3.16. The predicted octanol–water partition coefficient (Wildman–Crippen LogP) is 4.54. The third kappa shape index (κ3) is 3.26. The summed E-state index contributed by atoms with van der Waals surface area (Å²) in [5.74, 6) is -0.668. The van der Waals surface area contributed by atoms with Crippen LogP contribution in [0.25, 0.3) is 6.08 Å². The van der Waals surface area contributed by atoms with Gasteiger partial charge in [-0.2, -0.15) is 0 Å². The van der Waals surface area contributed by atoms with Gasteiger partial charge in [0.15, 0.2) is 4.32 Å². The molecule has 0 bridgehead atoms. The van der Waals surface area contributed by atoms with Gasteiger partial charge in [-0.15, -0.1) is 0 Å². The van der Waals surface area contributed by atoms with E-state index in [4.69, 9.17) is 12.2 Å². The summed E-state index contributed by atoms with van der Waals surface area (Å²) in [4.78, 5) is 14.2. The summed E-state index contributed by atoms with van der Waals surface area (Å²) in [7, 11) is 0. The van der Waals surface area contributed by atoms with Gasteiger partial charge < -0.3 is 5.11 Å². The first-order valence-corrected chi connectivity index (χ1v) is 8.79. The molecule has 116 valence electrons. The van der Waals surface area contributed by atoms with E-state index in [1.807, 2.05) is 22.6 Å². The number of thioether (sulfide) groups is 1. The van der Waals surface area contributed by atoms with Crippen molar-refractivity contribution >= 4 is 68.6 Å². The van der Waals surface area contributed by atoms with Gasteiger partial charge in [0.2, 0.25) is 0 Å². The topological polar surface area (TPSA) is 40.5 Å². The second-order valence-corrected chi connectivity index (χ2v) is 7.52. The minimum atomic E-state index is -0.496. The van der Waals surface area contributed by atoms with E-state index in [-0.39, 0.29) is 17.3 Å². The number of carbonyl (C=O) groups excluding carboxylic acids is 1. The van der Waals surface area contributed by atoms with E-state index in [1.54, 1.807) is 36.4 Å². The van der Waals surface area contributed by atoms with Crippen LogP contribution < -0.4 is 4.90 Å². The van der Waals surface area contributed by atoms with E-state index >= 15 is 0 Å². The van der Waals surface area contributed by atoms with Gasteiger partial charge in [-0.1, -0.05) is 42.2 Å². The number of benzene rings is 2. The number of aromatic hydroxyl groups is 1. The highest BCUT2D eigenvalue weighted by Gasteiger charge is 2.34. The number of halogens is 2. The smallest absolute Gasteiger partial charge is 0.270 e. The average Bonchev–Trinajstić information content (AvgIpc) is 2.78. The molecule has 2 aromatic carbocycles. The van der Waals surface area contributed by atoms with Gasteiger partial charge in [-0.05, 0) is 58.5 Å². The monoisotopic (exact) mass is 457 g/mol. The average molecular weight is 457 g/mol. The Bertz CT molecular complexity index is 854. The first kappa shape index (κ1) is 16.4. The van der Waals surface area contributed by atoms with Crippen LogP contribution in [0.15, 0.2) is 47.4 Å². The number of anilines is 1. The van der Waals surface area contributed by atoms with Crippen LogP contribution in [0.3, 0.4) is 0 Å². The molecule has 0 unspecified atom stereocenters. The lowest BCUT2D eigenvalue weighted by Gasteiger charge is -2.14. The predicted molar refractivity (Wildman–Crippen MR) is 103 cm³/mol. The molecule has 0 radical (unpaired) electrons. The summed E-state index contributed by atoms with van der Waals surface area (Å²) in [5.41, 5.74) is 0.917.